The summed E-state index contributed by atoms with van der Waals surface area (Å²) in [6, 6.07) is 4.03. The molecule has 0 N–H and O–H groups in total. The highest BCUT2D eigenvalue weighted by Crippen LogP contribution is 2.30. The molecule has 0 fully saturated rings. The van der Waals surface area contributed by atoms with Gasteiger partial charge < -0.3 is 23.8 Å². The molecule has 326 valence electrons. The van der Waals surface area contributed by atoms with Crippen LogP contribution in [-0.2, 0) is 16.1 Å². The topological polar surface area (TPSA) is 57.2 Å². The second-order valence-corrected chi connectivity index (χ2v) is 16.0. The molecule has 6 heteroatoms. The molecule has 0 aliphatic rings. The zero-order valence-corrected chi connectivity index (χ0v) is 37.7. The van der Waals surface area contributed by atoms with E-state index in [1.807, 2.05) is 26.2 Å². The second-order valence-electron chi connectivity index (χ2n) is 16.0. The molecule has 1 rings (SSSR count). The third-order valence-corrected chi connectivity index (χ3v) is 10.1. The van der Waals surface area contributed by atoms with Crippen LogP contribution in [0.5, 0.6) is 11.5 Å². The van der Waals surface area contributed by atoms with Crippen molar-refractivity contribution in [1.29, 1.82) is 0 Å². The highest BCUT2D eigenvalue weighted by molar-refractivity contribution is 5.60. The van der Waals surface area contributed by atoms with E-state index in [1.165, 1.54) is 122 Å². The molecule has 57 heavy (non-hydrogen) atoms. The Labute approximate surface area is 351 Å². The minimum atomic E-state index is -0.639. The molecule has 0 spiro atoms. The van der Waals surface area contributed by atoms with Crippen LogP contribution in [0.3, 0.4) is 0 Å². The molecule has 0 aliphatic heterocycles. The van der Waals surface area contributed by atoms with Crippen molar-refractivity contribution < 1.29 is 23.7 Å². The van der Waals surface area contributed by atoms with Gasteiger partial charge in [-0.3, -0.25) is 0 Å². The van der Waals surface area contributed by atoms with Gasteiger partial charge in [-0.25, -0.2) is 4.79 Å². The predicted octanol–water partition coefficient (Wildman–Crippen LogP) is 15.4. The van der Waals surface area contributed by atoms with Crippen molar-refractivity contribution >= 4 is 6.16 Å². The fraction of sp³-hybridized carbons (Fsp3) is 0.706. The molecule has 0 radical (unpaired) electrons. The standard InChI is InChI=1S/C51H87NO5/c1-6-8-10-12-14-16-18-20-22-24-26-28-30-32-34-37-41-54-49-45-48(46-57-51(53)56-43-39-36-40-52(4)5)50(44-47(49)3)55-42-38-35-33-31-29-27-25-23-21-19-17-15-13-11-9-7-2/h14-17,20-23,44-45H,6-13,18-19,24-43,46H2,1-5H3/b16-14-,17-15-,22-20-,23-21-. The molecule has 0 atom stereocenters. The van der Waals surface area contributed by atoms with Crippen molar-refractivity contribution in [1.82, 2.24) is 4.90 Å². The van der Waals surface area contributed by atoms with Crippen LogP contribution in [0.4, 0.5) is 4.79 Å². The lowest BCUT2D eigenvalue weighted by atomic mass is 10.1. The Kier molecular flexibility index (Phi) is 36.3. The van der Waals surface area contributed by atoms with E-state index in [0.717, 1.165) is 74.1 Å². The van der Waals surface area contributed by atoms with Crippen LogP contribution >= 0.6 is 0 Å². The number of aryl methyl sites for hydroxylation is 1. The van der Waals surface area contributed by atoms with Gasteiger partial charge in [0.2, 0.25) is 0 Å². The number of carbonyl (C=O) groups is 1. The van der Waals surface area contributed by atoms with E-state index in [0.29, 0.717) is 19.8 Å². The van der Waals surface area contributed by atoms with E-state index in [4.69, 9.17) is 18.9 Å². The average molecular weight is 794 g/mol. The van der Waals surface area contributed by atoms with E-state index in [9.17, 15) is 4.79 Å². The normalized spacial score (nSPS) is 12.0. The van der Waals surface area contributed by atoms with Gasteiger partial charge >= 0.3 is 6.16 Å². The average Bonchev–Trinajstić information content (AvgIpc) is 3.20. The van der Waals surface area contributed by atoms with Crippen LogP contribution in [0.1, 0.15) is 192 Å². The van der Waals surface area contributed by atoms with Gasteiger partial charge in [-0.2, -0.15) is 0 Å². The van der Waals surface area contributed by atoms with E-state index >= 15 is 0 Å². The highest BCUT2D eigenvalue weighted by atomic mass is 16.7. The van der Waals surface area contributed by atoms with E-state index in [1.54, 1.807) is 0 Å². The molecular weight excluding hydrogens is 707 g/mol. The fourth-order valence-electron chi connectivity index (χ4n) is 6.52. The van der Waals surface area contributed by atoms with Gasteiger partial charge in [-0.15, -0.1) is 0 Å². The lowest BCUT2D eigenvalue weighted by molar-refractivity contribution is 0.0479. The molecule has 0 aliphatic carbocycles. The summed E-state index contributed by atoms with van der Waals surface area (Å²) < 4.78 is 23.4. The lowest BCUT2D eigenvalue weighted by Crippen LogP contribution is -2.14. The third-order valence-electron chi connectivity index (χ3n) is 10.1. The molecule has 0 heterocycles. The first-order valence-electron chi connectivity index (χ1n) is 23.4. The summed E-state index contributed by atoms with van der Waals surface area (Å²) in [5, 5.41) is 0. The Balaban J connectivity index is 2.41. The van der Waals surface area contributed by atoms with Gasteiger partial charge in [-0.1, -0.05) is 140 Å². The lowest BCUT2D eigenvalue weighted by Gasteiger charge is -2.16. The van der Waals surface area contributed by atoms with Crippen LogP contribution in [0.25, 0.3) is 0 Å². The smallest absolute Gasteiger partial charge is 0.493 e. The van der Waals surface area contributed by atoms with Crippen molar-refractivity contribution in [3.8, 4) is 11.5 Å². The number of rotatable bonds is 39. The summed E-state index contributed by atoms with van der Waals surface area (Å²) in [5.74, 6) is 1.59. The molecule has 1 aromatic rings. The number of hydrogen-bond acceptors (Lipinski definition) is 6. The molecule has 0 unspecified atom stereocenters. The molecule has 0 bridgehead atoms. The van der Waals surface area contributed by atoms with Crippen LogP contribution in [0.15, 0.2) is 60.7 Å². The van der Waals surface area contributed by atoms with Crippen LogP contribution in [0, 0.1) is 6.92 Å². The summed E-state index contributed by atoms with van der Waals surface area (Å²) in [4.78, 5) is 14.5. The number of unbranched alkanes of at least 4 members (excludes halogenated alkanes) is 19. The number of carbonyl (C=O) groups excluding carboxylic acids is 1. The maximum absolute atomic E-state index is 12.4. The van der Waals surface area contributed by atoms with E-state index in [2.05, 4.69) is 74.3 Å². The summed E-state index contributed by atoms with van der Waals surface area (Å²) in [6.07, 6.45) is 49.0. The van der Waals surface area contributed by atoms with E-state index in [-0.39, 0.29) is 6.61 Å². The number of ether oxygens (including phenoxy) is 4. The molecule has 1 aromatic carbocycles. The molecule has 0 saturated heterocycles. The van der Waals surface area contributed by atoms with Gasteiger partial charge in [-0.05, 0) is 135 Å². The van der Waals surface area contributed by atoms with Crippen molar-refractivity contribution in [2.24, 2.45) is 0 Å². The van der Waals surface area contributed by atoms with Gasteiger partial charge in [0.05, 0.1) is 19.8 Å². The monoisotopic (exact) mass is 794 g/mol. The Morgan fingerprint density at radius 2 is 0.947 bits per heavy atom. The third kappa shape index (κ3) is 33.7. The molecule has 0 saturated carbocycles. The number of nitrogens with zero attached hydrogens (tertiary/aromatic N) is 1. The van der Waals surface area contributed by atoms with Gasteiger partial charge in [0.1, 0.15) is 18.1 Å². The van der Waals surface area contributed by atoms with Crippen molar-refractivity contribution in [3.05, 3.63) is 71.9 Å². The van der Waals surface area contributed by atoms with Crippen LogP contribution in [0.2, 0.25) is 0 Å². The van der Waals surface area contributed by atoms with Crippen molar-refractivity contribution in [2.75, 3.05) is 40.5 Å². The Morgan fingerprint density at radius 3 is 1.44 bits per heavy atom. The summed E-state index contributed by atoms with van der Waals surface area (Å²) in [6.45, 7) is 9.32. The van der Waals surface area contributed by atoms with Crippen molar-refractivity contribution in [3.63, 3.8) is 0 Å². The van der Waals surface area contributed by atoms with Crippen LogP contribution in [-0.4, -0.2) is 51.5 Å². The summed E-state index contributed by atoms with van der Waals surface area (Å²) in [7, 11) is 4.09. The Bertz CT molecular complexity index is 1190. The molecule has 0 amide bonds. The first-order chi connectivity index (χ1) is 28.0. The minimum Gasteiger partial charge on any atom is -0.493 e. The summed E-state index contributed by atoms with van der Waals surface area (Å²) in [5.41, 5.74) is 1.85. The fourth-order valence-corrected chi connectivity index (χ4v) is 6.52. The van der Waals surface area contributed by atoms with Gasteiger partial charge in [0.25, 0.3) is 0 Å². The van der Waals surface area contributed by atoms with Crippen LogP contribution < -0.4 is 9.47 Å². The highest BCUT2D eigenvalue weighted by Gasteiger charge is 2.14. The Hall–Kier alpha value is -2.99. The van der Waals surface area contributed by atoms with Crippen molar-refractivity contribution in [2.45, 2.75) is 194 Å². The molecular formula is C51H87NO5. The quantitative estimate of drug-likeness (QED) is 0.0376. The van der Waals surface area contributed by atoms with E-state index < -0.39 is 6.16 Å². The van der Waals surface area contributed by atoms with Gasteiger partial charge in [0.15, 0.2) is 0 Å². The minimum absolute atomic E-state index is 0.0944. The molecule has 6 nitrogen and oxygen atoms in total. The Morgan fingerprint density at radius 1 is 0.509 bits per heavy atom. The maximum Gasteiger partial charge on any atom is 0.508 e. The number of hydrogen-bond donors (Lipinski definition) is 0. The first-order valence-corrected chi connectivity index (χ1v) is 23.4. The SMILES string of the molecule is CCCCC/C=C\C/C=C\CCCCCCCCOc1cc(COC(=O)OCCCCN(C)C)c(OCCCCCCCC/C=C\C/C=C\CCCCC)cc1C. The summed E-state index contributed by atoms with van der Waals surface area (Å²) >= 11 is 0. The predicted molar refractivity (Wildman–Crippen MR) is 245 cm³/mol. The largest absolute Gasteiger partial charge is 0.508 e. The number of benzene rings is 1. The molecule has 0 aromatic heterocycles. The second kappa shape index (κ2) is 39.8. The maximum atomic E-state index is 12.4. The zero-order chi connectivity index (χ0) is 41.3. The zero-order valence-electron chi connectivity index (χ0n) is 37.7. The van der Waals surface area contributed by atoms with Gasteiger partial charge in [0, 0.05) is 5.56 Å². The first kappa shape index (κ1) is 52.0. The number of allylic oxidation sites excluding steroid dienone is 8.